The first-order valence-corrected chi connectivity index (χ1v) is 9.77. The molecular weight excluding hydrogens is 382 g/mol. The predicted molar refractivity (Wildman–Crippen MR) is 110 cm³/mol. The summed E-state index contributed by atoms with van der Waals surface area (Å²) in [5, 5.41) is 1.85. The van der Waals surface area contributed by atoms with Crippen LogP contribution in [0.1, 0.15) is 23.7 Å². The third-order valence-electron chi connectivity index (χ3n) is 5.53. The summed E-state index contributed by atoms with van der Waals surface area (Å²) < 4.78 is 6.80. The Balaban J connectivity index is 1.35. The topological polar surface area (TPSA) is 79.2 Å². The lowest BCUT2D eigenvalue weighted by Crippen LogP contribution is -2.47. The quantitative estimate of drug-likeness (QED) is 0.716. The molecule has 1 saturated heterocycles. The fourth-order valence-electron chi connectivity index (χ4n) is 4.00. The van der Waals surface area contributed by atoms with Crippen molar-refractivity contribution in [3.8, 4) is 5.75 Å². The average Bonchev–Trinajstić information content (AvgIpc) is 3.21. The van der Waals surface area contributed by atoms with Crippen molar-refractivity contribution in [3.63, 3.8) is 0 Å². The number of rotatable bonds is 4. The van der Waals surface area contributed by atoms with Crippen LogP contribution in [-0.2, 0) is 11.3 Å². The number of carbonyl (C=O) groups excluding carboxylic acids is 1. The van der Waals surface area contributed by atoms with Crippen LogP contribution in [0.15, 0.2) is 71.9 Å². The molecule has 1 fully saturated rings. The molecule has 0 bridgehead atoms. The van der Waals surface area contributed by atoms with Crippen molar-refractivity contribution in [2.24, 2.45) is 0 Å². The molecule has 152 valence electrons. The van der Waals surface area contributed by atoms with Crippen LogP contribution >= 0.6 is 0 Å². The maximum Gasteiger partial charge on any atom is 0.258 e. The van der Waals surface area contributed by atoms with Gasteiger partial charge in [-0.25, -0.2) is 10.4 Å². The number of benzene rings is 1. The van der Waals surface area contributed by atoms with Crippen molar-refractivity contribution >= 4 is 11.6 Å². The van der Waals surface area contributed by atoms with Gasteiger partial charge in [0.15, 0.2) is 0 Å². The van der Waals surface area contributed by atoms with Crippen LogP contribution in [0.4, 0.5) is 0 Å². The van der Waals surface area contributed by atoms with E-state index >= 15 is 0 Å². The van der Waals surface area contributed by atoms with Gasteiger partial charge in [0.1, 0.15) is 17.4 Å². The number of nitrogens with zero attached hydrogens (tertiary/aromatic N) is 4. The number of pyridine rings is 1. The standard InChI is InChI=1S/C22H21N5O3/c1-30-17-6-4-5-15(11-17)18-13-19-22(29)25(9-10-27(19)24-18)14-16-12-21(28)26-8-3-2-7-20(26)23-16/h2-12,18-19,24H,13-14H2,1H3. The van der Waals surface area contributed by atoms with Crippen molar-refractivity contribution in [1.29, 1.82) is 0 Å². The number of nitrogens with one attached hydrogen (secondary N) is 1. The van der Waals surface area contributed by atoms with Gasteiger partial charge in [-0.15, -0.1) is 0 Å². The zero-order valence-corrected chi connectivity index (χ0v) is 16.4. The highest BCUT2D eigenvalue weighted by atomic mass is 16.5. The Bertz CT molecular complexity index is 1200. The van der Waals surface area contributed by atoms with Crippen molar-refractivity contribution in [2.45, 2.75) is 25.0 Å². The van der Waals surface area contributed by atoms with Crippen molar-refractivity contribution < 1.29 is 9.53 Å². The van der Waals surface area contributed by atoms with Gasteiger partial charge in [0.2, 0.25) is 0 Å². The lowest BCUT2D eigenvalue weighted by Gasteiger charge is -2.31. The number of carbonyl (C=O) groups is 1. The average molecular weight is 403 g/mol. The third kappa shape index (κ3) is 3.21. The maximum absolute atomic E-state index is 13.1. The smallest absolute Gasteiger partial charge is 0.258 e. The molecule has 5 rings (SSSR count). The number of hydrazine groups is 1. The molecule has 4 heterocycles. The Morgan fingerprint density at radius 1 is 1.13 bits per heavy atom. The Kier molecular flexibility index (Phi) is 4.48. The van der Waals surface area contributed by atoms with E-state index in [1.807, 2.05) is 41.5 Å². The number of ether oxygens (including phenoxy) is 1. The zero-order valence-electron chi connectivity index (χ0n) is 16.4. The molecule has 0 saturated carbocycles. The van der Waals surface area contributed by atoms with Gasteiger partial charge in [0, 0.05) is 24.7 Å². The fraction of sp³-hybridized carbons (Fsp3) is 0.227. The lowest BCUT2D eigenvalue weighted by molar-refractivity contribution is -0.135. The summed E-state index contributed by atoms with van der Waals surface area (Å²) in [4.78, 5) is 31.6. The molecule has 30 heavy (non-hydrogen) atoms. The molecule has 3 aromatic rings. The summed E-state index contributed by atoms with van der Waals surface area (Å²) in [6.07, 6.45) is 5.91. The van der Waals surface area contributed by atoms with Gasteiger partial charge in [-0.2, -0.15) is 0 Å². The Morgan fingerprint density at radius 2 is 2.03 bits per heavy atom. The fourth-order valence-corrected chi connectivity index (χ4v) is 4.00. The number of amides is 1. The summed E-state index contributed by atoms with van der Waals surface area (Å²) in [5.74, 6) is 0.766. The molecule has 0 spiro atoms. The SMILES string of the molecule is COc1cccc(C2CC3C(=O)N(Cc4cc(=O)n5ccccc5n4)C=CN3N2)c1. The van der Waals surface area contributed by atoms with E-state index < -0.39 is 0 Å². The van der Waals surface area contributed by atoms with Gasteiger partial charge in [-0.1, -0.05) is 18.2 Å². The predicted octanol–water partition coefficient (Wildman–Crippen LogP) is 1.84. The number of hydrogen-bond acceptors (Lipinski definition) is 6. The van der Waals surface area contributed by atoms with E-state index in [2.05, 4.69) is 10.4 Å². The summed E-state index contributed by atoms with van der Waals surface area (Å²) in [6, 6.07) is 14.4. The molecule has 2 unspecified atom stereocenters. The first kappa shape index (κ1) is 18.4. The monoisotopic (exact) mass is 403 g/mol. The van der Waals surface area contributed by atoms with Crippen LogP contribution in [0, 0.1) is 0 Å². The van der Waals surface area contributed by atoms with Crippen LogP contribution in [0.25, 0.3) is 5.65 Å². The largest absolute Gasteiger partial charge is 0.497 e. The highest BCUT2D eigenvalue weighted by Crippen LogP contribution is 2.32. The van der Waals surface area contributed by atoms with Gasteiger partial charge < -0.3 is 14.6 Å². The second-order valence-electron chi connectivity index (χ2n) is 7.40. The number of aromatic nitrogens is 2. The lowest BCUT2D eigenvalue weighted by atomic mass is 10.0. The highest BCUT2D eigenvalue weighted by Gasteiger charge is 2.40. The number of hydrogen-bond donors (Lipinski definition) is 1. The van der Waals surface area contributed by atoms with E-state index in [0.717, 1.165) is 11.3 Å². The van der Waals surface area contributed by atoms with E-state index in [1.165, 1.54) is 10.5 Å². The van der Waals surface area contributed by atoms with Gasteiger partial charge in [-0.3, -0.25) is 14.0 Å². The normalized spacial score (nSPS) is 20.6. The molecular formula is C22H21N5O3. The summed E-state index contributed by atoms with van der Waals surface area (Å²) in [6.45, 7) is 0.254. The molecule has 8 heteroatoms. The van der Waals surface area contributed by atoms with Gasteiger partial charge in [0.25, 0.3) is 11.5 Å². The van der Waals surface area contributed by atoms with Gasteiger partial charge in [0.05, 0.1) is 25.4 Å². The Morgan fingerprint density at radius 3 is 2.90 bits per heavy atom. The molecule has 2 aliphatic heterocycles. The van der Waals surface area contributed by atoms with E-state index in [-0.39, 0.29) is 30.1 Å². The third-order valence-corrected chi connectivity index (χ3v) is 5.53. The zero-order chi connectivity index (χ0) is 20.7. The molecule has 0 aliphatic carbocycles. The van der Waals surface area contributed by atoms with Crippen LogP contribution in [0.2, 0.25) is 0 Å². The van der Waals surface area contributed by atoms with Crippen LogP contribution in [-0.4, -0.2) is 38.4 Å². The van der Waals surface area contributed by atoms with Crippen LogP contribution in [0.5, 0.6) is 5.75 Å². The van der Waals surface area contributed by atoms with Crippen molar-refractivity contribution in [2.75, 3.05) is 7.11 Å². The molecule has 2 aromatic heterocycles. The maximum atomic E-state index is 13.1. The highest BCUT2D eigenvalue weighted by molar-refractivity contribution is 5.84. The summed E-state index contributed by atoms with van der Waals surface area (Å²) >= 11 is 0. The van der Waals surface area contributed by atoms with Gasteiger partial charge in [-0.05, 0) is 36.2 Å². The molecule has 2 atom stereocenters. The first-order valence-electron chi connectivity index (χ1n) is 9.77. The van der Waals surface area contributed by atoms with E-state index in [0.29, 0.717) is 17.8 Å². The first-order chi connectivity index (χ1) is 14.6. The van der Waals surface area contributed by atoms with E-state index in [9.17, 15) is 9.59 Å². The molecule has 1 N–H and O–H groups in total. The second-order valence-corrected chi connectivity index (χ2v) is 7.40. The van der Waals surface area contributed by atoms with Crippen LogP contribution in [0.3, 0.4) is 0 Å². The minimum atomic E-state index is -0.312. The van der Waals surface area contributed by atoms with Crippen molar-refractivity contribution in [1.82, 2.24) is 24.7 Å². The minimum absolute atomic E-state index is 0.0158. The second kappa shape index (κ2) is 7.31. The molecule has 2 aliphatic rings. The molecule has 8 nitrogen and oxygen atoms in total. The molecule has 0 radical (unpaired) electrons. The Hall–Kier alpha value is -3.65. The van der Waals surface area contributed by atoms with Crippen LogP contribution < -0.4 is 15.7 Å². The van der Waals surface area contributed by atoms with Gasteiger partial charge >= 0.3 is 0 Å². The van der Waals surface area contributed by atoms with E-state index in [1.54, 1.807) is 36.5 Å². The summed E-state index contributed by atoms with van der Waals surface area (Å²) in [5.41, 5.74) is 5.42. The number of methoxy groups -OCH3 is 1. The van der Waals surface area contributed by atoms with Crippen molar-refractivity contribution in [3.05, 3.63) is 88.7 Å². The Labute approximate surface area is 173 Å². The summed E-state index contributed by atoms with van der Waals surface area (Å²) in [7, 11) is 1.64. The number of fused-ring (bicyclic) bond motifs is 2. The minimum Gasteiger partial charge on any atom is -0.497 e. The van der Waals surface area contributed by atoms with E-state index in [4.69, 9.17) is 4.74 Å². The molecule has 1 amide bonds. The molecule has 1 aromatic carbocycles.